The highest BCUT2D eigenvalue weighted by atomic mass is 16.5. The number of aliphatic hydroxyl groups is 2. The molecule has 0 fully saturated rings. The third kappa shape index (κ3) is 61.2. The predicted molar refractivity (Wildman–Crippen MR) is 329 cm³/mol. The molecule has 3 N–H and O–H groups in total. The van der Waals surface area contributed by atoms with Crippen LogP contribution < -0.4 is 5.32 Å². The Morgan fingerprint density at radius 1 is 0.360 bits per heavy atom. The molecule has 2 unspecified atom stereocenters. The Labute approximate surface area is 468 Å². The molecular weight excluding hydrogens is 923 g/mol. The van der Waals surface area contributed by atoms with Crippen molar-refractivity contribution in [2.24, 2.45) is 0 Å². The van der Waals surface area contributed by atoms with Crippen molar-refractivity contribution < 1.29 is 24.5 Å². The second kappa shape index (κ2) is 64.6. The Kier molecular flexibility index (Phi) is 63.0. The van der Waals surface area contributed by atoms with Gasteiger partial charge in [-0.05, 0) is 83.5 Å². The zero-order valence-electron chi connectivity index (χ0n) is 50.5. The van der Waals surface area contributed by atoms with Gasteiger partial charge in [-0.25, -0.2) is 0 Å². The molecule has 0 aromatic heterocycles. The van der Waals surface area contributed by atoms with Gasteiger partial charge in [-0.2, -0.15) is 0 Å². The summed E-state index contributed by atoms with van der Waals surface area (Å²) in [7, 11) is 0. The van der Waals surface area contributed by atoms with Crippen LogP contribution in [0.15, 0.2) is 36.5 Å². The standard InChI is InChI=1S/C69H131NO5/c1-3-5-7-9-11-13-15-17-19-30-34-37-41-45-49-53-57-61-67(72)66(65-71)70-68(73)62-58-54-50-46-42-38-35-31-28-26-24-22-20-21-23-25-27-29-32-36-40-44-48-52-56-60-64-75-69(74)63-59-55-51-47-43-39-33-18-16-14-12-10-8-6-4-2/h18,20,22,33,57,61,66-67,71-72H,3-17,19,21,23-32,34-56,58-60,62-65H2,1-2H3,(H,70,73)/b22-20-,33-18-,61-57+. The molecule has 0 radical (unpaired) electrons. The summed E-state index contributed by atoms with van der Waals surface area (Å²) in [5, 5.41) is 23.2. The Balaban J connectivity index is 3.41. The van der Waals surface area contributed by atoms with Crippen LogP contribution in [0.3, 0.4) is 0 Å². The predicted octanol–water partition coefficient (Wildman–Crippen LogP) is 21.5. The average Bonchev–Trinajstić information content (AvgIpc) is 3.41. The summed E-state index contributed by atoms with van der Waals surface area (Å²) in [4.78, 5) is 24.6. The van der Waals surface area contributed by atoms with Crippen LogP contribution in [0.25, 0.3) is 0 Å². The quantitative estimate of drug-likeness (QED) is 0.0320. The lowest BCUT2D eigenvalue weighted by atomic mass is 10.0. The topological polar surface area (TPSA) is 95.9 Å². The first kappa shape index (κ1) is 73.1. The lowest BCUT2D eigenvalue weighted by Crippen LogP contribution is -2.45. The van der Waals surface area contributed by atoms with Gasteiger partial charge in [0.25, 0.3) is 0 Å². The van der Waals surface area contributed by atoms with E-state index in [1.165, 1.54) is 295 Å². The van der Waals surface area contributed by atoms with E-state index < -0.39 is 12.1 Å². The Hall–Kier alpha value is -1.92. The van der Waals surface area contributed by atoms with Gasteiger partial charge in [0, 0.05) is 12.8 Å². The van der Waals surface area contributed by atoms with Crippen LogP contribution in [0.4, 0.5) is 0 Å². The lowest BCUT2D eigenvalue weighted by Gasteiger charge is -2.20. The molecule has 6 nitrogen and oxygen atoms in total. The van der Waals surface area contributed by atoms with Gasteiger partial charge < -0.3 is 20.3 Å². The Morgan fingerprint density at radius 3 is 0.947 bits per heavy atom. The number of hydrogen-bond acceptors (Lipinski definition) is 5. The number of carbonyl (C=O) groups is 2. The number of carbonyl (C=O) groups excluding carboxylic acids is 2. The fraction of sp³-hybridized carbons (Fsp3) is 0.884. The van der Waals surface area contributed by atoms with Gasteiger partial charge in [0.2, 0.25) is 5.91 Å². The monoisotopic (exact) mass is 1050 g/mol. The molecule has 1 amide bonds. The Morgan fingerprint density at radius 2 is 0.627 bits per heavy atom. The van der Waals surface area contributed by atoms with Crippen LogP contribution in [0.1, 0.15) is 367 Å². The highest BCUT2D eigenvalue weighted by Gasteiger charge is 2.18. The summed E-state index contributed by atoms with van der Waals surface area (Å²) in [5.41, 5.74) is 0. The molecule has 6 heteroatoms. The fourth-order valence-corrected chi connectivity index (χ4v) is 10.4. The minimum absolute atomic E-state index is 0.00624. The number of aliphatic hydroxyl groups excluding tert-OH is 2. The van der Waals surface area contributed by atoms with E-state index in [4.69, 9.17) is 4.74 Å². The summed E-state index contributed by atoms with van der Waals surface area (Å²) >= 11 is 0. The number of hydrogen-bond donors (Lipinski definition) is 3. The van der Waals surface area contributed by atoms with E-state index in [0.717, 1.165) is 44.9 Å². The maximum Gasteiger partial charge on any atom is 0.305 e. The van der Waals surface area contributed by atoms with E-state index in [1.54, 1.807) is 6.08 Å². The summed E-state index contributed by atoms with van der Waals surface area (Å²) in [5.74, 6) is -0.0614. The van der Waals surface area contributed by atoms with E-state index >= 15 is 0 Å². The lowest BCUT2D eigenvalue weighted by molar-refractivity contribution is -0.143. The molecule has 0 aliphatic rings. The van der Waals surface area contributed by atoms with Crippen LogP contribution in [0, 0.1) is 0 Å². The van der Waals surface area contributed by atoms with Gasteiger partial charge in [0.05, 0.1) is 25.4 Å². The molecule has 0 saturated carbocycles. The number of allylic oxidation sites excluding steroid dienone is 5. The molecule has 0 aromatic carbocycles. The highest BCUT2D eigenvalue weighted by molar-refractivity contribution is 5.76. The zero-order chi connectivity index (χ0) is 54.3. The molecule has 0 saturated heterocycles. The van der Waals surface area contributed by atoms with Crippen LogP contribution >= 0.6 is 0 Å². The smallest absolute Gasteiger partial charge is 0.305 e. The van der Waals surface area contributed by atoms with Crippen molar-refractivity contribution in [2.75, 3.05) is 13.2 Å². The number of nitrogens with one attached hydrogen (secondary N) is 1. The van der Waals surface area contributed by atoms with Crippen LogP contribution in [0.2, 0.25) is 0 Å². The minimum atomic E-state index is -0.846. The average molecular weight is 1050 g/mol. The maximum atomic E-state index is 12.5. The van der Waals surface area contributed by atoms with Gasteiger partial charge >= 0.3 is 5.97 Å². The number of ether oxygens (including phenoxy) is 1. The first-order valence-electron chi connectivity index (χ1n) is 33.8. The van der Waals surface area contributed by atoms with Crippen LogP contribution in [-0.4, -0.2) is 47.4 Å². The largest absolute Gasteiger partial charge is 0.466 e. The van der Waals surface area contributed by atoms with Gasteiger partial charge in [-0.3, -0.25) is 9.59 Å². The first-order chi connectivity index (χ1) is 37.0. The molecule has 0 aliphatic carbocycles. The van der Waals surface area contributed by atoms with E-state index in [1.807, 2.05) is 6.08 Å². The normalized spacial score (nSPS) is 12.7. The van der Waals surface area contributed by atoms with Crippen molar-refractivity contribution in [1.82, 2.24) is 5.32 Å². The number of unbranched alkanes of at least 4 members (excludes halogenated alkanes) is 48. The van der Waals surface area contributed by atoms with Gasteiger partial charge in [0.15, 0.2) is 0 Å². The van der Waals surface area contributed by atoms with Crippen LogP contribution in [-0.2, 0) is 14.3 Å². The zero-order valence-corrected chi connectivity index (χ0v) is 50.5. The molecule has 0 rings (SSSR count). The second-order valence-electron chi connectivity index (χ2n) is 23.1. The molecule has 0 aromatic rings. The number of esters is 1. The van der Waals surface area contributed by atoms with E-state index in [0.29, 0.717) is 19.4 Å². The van der Waals surface area contributed by atoms with Gasteiger partial charge in [0.1, 0.15) is 0 Å². The third-order valence-electron chi connectivity index (χ3n) is 15.6. The summed E-state index contributed by atoms with van der Waals surface area (Å²) in [6, 6.07) is -0.630. The molecule has 0 aliphatic heterocycles. The minimum Gasteiger partial charge on any atom is -0.466 e. The van der Waals surface area contributed by atoms with E-state index in [2.05, 4.69) is 43.5 Å². The van der Waals surface area contributed by atoms with Gasteiger partial charge in [-0.15, -0.1) is 0 Å². The third-order valence-corrected chi connectivity index (χ3v) is 15.6. The fourth-order valence-electron chi connectivity index (χ4n) is 10.4. The molecule has 2 atom stereocenters. The molecule has 0 heterocycles. The first-order valence-corrected chi connectivity index (χ1v) is 33.8. The highest BCUT2D eigenvalue weighted by Crippen LogP contribution is 2.18. The molecular formula is C69H131NO5. The van der Waals surface area contributed by atoms with Gasteiger partial charge in [-0.1, -0.05) is 307 Å². The SMILES string of the molecule is CCCCCCCC/C=C\CCCCCCCC(=O)OCCCCCCCCCCCCCC/C=C\CCCCCCCCCCCCC(=O)NC(CO)C(O)/C=C/CCCCCCCCCCCCCCCCC. The molecule has 0 spiro atoms. The number of amides is 1. The van der Waals surface area contributed by atoms with E-state index in [9.17, 15) is 19.8 Å². The molecule has 442 valence electrons. The number of rotatable bonds is 63. The second-order valence-corrected chi connectivity index (χ2v) is 23.1. The van der Waals surface area contributed by atoms with Crippen molar-refractivity contribution in [2.45, 2.75) is 379 Å². The van der Waals surface area contributed by atoms with E-state index in [-0.39, 0.29) is 18.5 Å². The summed E-state index contributed by atoms with van der Waals surface area (Å²) in [6.07, 6.45) is 82.0. The van der Waals surface area contributed by atoms with Crippen molar-refractivity contribution in [3.63, 3.8) is 0 Å². The summed E-state index contributed by atoms with van der Waals surface area (Å²) < 4.78 is 5.49. The van der Waals surface area contributed by atoms with Crippen LogP contribution in [0.5, 0.6) is 0 Å². The van der Waals surface area contributed by atoms with Crippen molar-refractivity contribution >= 4 is 11.9 Å². The van der Waals surface area contributed by atoms with Crippen molar-refractivity contribution in [3.8, 4) is 0 Å². The molecule has 0 bridgehead atoms. The molecule has 75 heavy (non-hydrogen) atoms. The van der Waals surface area contributed by atoms with Crippen molar-refractivity contribution in [3.05, 3.63) is 36.5 Å². The van der Waals surface area contributed by atoms with Crippen molar-refractivity contribution in [1.29, 1.82) is 0 Å². The summed E-state index contributed by atoms with van der Waals surface area (Å²) in [6.45, 7) is 4.92. The maximum absolute atomic E-state index is 12.5. The Bertz CT molecular complexity index is 1210.